The molecule has 0 radical (unpaired) electrons. The van der Waals surface area contributed by atoms with E-state index in [2.05, 4.69) is 15.9 Å². The van der Waals surface area contributed by atoms with E-state index in [1.165, 1.54) is 0 Å². The van der Waals surface area contributed by atoms with Gasteiger partial charge in [0.25, 0.3) is 0 Å². The summed E-state index contributed by atoms with van der Waals surface area (Å²) in [4.78, 5) is 13.5. The van der Waals surface area contributed by atoms with Gasteiger partial charge in [-0.05, 0) is 24.1 Å². The summed E-state index contributed by atoms with van der Waals surface area (Å²) >= 11 is 3.41. The van der Waals surface area contributed by atoms with Crippen LogP contribution in [0.5, 0.6) is 0 Å². The van der Waals surface area contributed by atoms with Crippen molar-refractivity contribution in [3.8, 4) is 0 Å². The molecule has 1 heterocycles. The summed E-state index contributed by atoms with van der Waals surface area (Å²) in [5.41, 5.74) is 7.29. The Morgan fingerprint density at radius 2 is 2.33 bits per heavy atom. The number of carbonyl (C=O) groups is 1. The van der Waals surface area contributed by atoms with Crippen molar-refractivity contribution < 1.29 is 4.79 Å². The largest absolute Gasteiger partial charge is 0.399 e. The molecule has 1 aromatic rings. The standard InChI is InChI=1S/C11H13BrN2O/c12-6-8-4-11(15)14(7-8)10-3-1-2-9(13)5-10/h1-3,5,8H,4,6-7,13H2. The number of alkyl halides is 1. The Hall–Kier alpha value is -1.03. The lowest BCUT2D eigenvalue weighted by atomic mass is 10.2. The first-order chi connectivity index (χ1) is 7.20. The highest BCUT2D eigenvalue weighted by molar-refractivity contribution is 9.09. The van der Waals surface area contributed by atoms with E-state index < -0.39 is 0 Å². The molecule has 0 spiro atoms. The summed E-state index contributed by atoms with van der Waals surface area (Å²) < 4.78 is 0. The van der Waals surface area contributed by atoms with Gasteiger partial charge in [0, 0.05) is 29.7 Å². The van der Waals surface area contributed by atoms with Gasteiger partial charge in [-0.1, -0.05) is 22.0 Å². The Morgan fingerprint density at radius 1 is 1.53 bits per heavy atom. The maximum Gasteiger partial charge on any atom is 0.227 e. The number of benzene rings is 1. The van der Waals surface area contributed by atoms with Crippen molar-refractivity contribution in [1.29, 1.82) is 0 Å². The van der Waals surface area contributed by atoms with Gasteiger partial charge in [-0.3, -0.25) is 4.79 Å². The Kier molecular flexibility index (Phi) is 2.95. The van der Waals surface area contributed by atoms with Gasteiger partial charge in [-0.25, -0.2) is 0 Å². The topological polar surface area (TPSA) is 46.3 Å². The fourth-order valence-electron chi connectivity index (χ4n) is 1.83. The first-order valence-corrected chi connectivity index (χ1v) is 6.04. The number of hydrogen-bond acceptors (Lipinski definition) is 2. The normalized spacial score (nSPS) is 21.0. The summed E-state index contributed by atoms with van der Waals surface area (Å²) in [6.45, 7) is 0.785. The van der Waals surface area contributed by atoms with Crippen LogP contribution < -0.4 is 10.6 Å². The maximum atomic E-state index is 11.7. The van der Waals surface area contributed by atoms with Crippen LogP contribution in [0.2, 0.25) is 0 Å². The van der Waals surface area contributed by atoms with Crippen LogP contribution in [0.1, 0.15) is 6.42 Å². The maximum absolute atomic E-state index is 11.7. The Labute approximate surface area is 97.4 Å². The predicted molar refractivity (Wildman–Crippen MR) is 65.1 cm³/mol. The van der Waals surface area contributed by atoms with Crippen LogP contribution >= 0.6 is 15.9 Å². The van der Waals surface area contributed by atoms with Crippen LogP contribution in [0.4, 0.5) is 11.4 Å². The Bertz CT molecular complexity index is 381. The molecule has 0 aromatic heterocycles. The van der Waals surface area contributed by atoms with Gasteiger partial charge in [0.2, 0.25) is 5.91 Å². The molecule has 1 fully saturated rings. The first-order valence-electron chi connectivity index (χ1n) is 4.92. The fraction of sp³-hybridized carbons (Fsp3) is 0.364. The van der Waals surface area contributed by atoms with Gasteiger partial charge in [-0.2, -0.15) is 0 Å². The molecule has 1 atom stereocenters. The van der Waals surface area contributed by atoms with Gasteiger partial charge < -0.3 is 10.6 Å². The molecule has 0 aliphatic carbocycles. The molecule has 15 heavy (non-hydrogen) atoms. The highest BCUT2D eigenvalue weighted by atomic mass is 79.9. The molecule has 1 aliphatic rings. The monoisotopic (exact) mass is 268 g/mol. The van der Waals surface area contributed by atoms with Crippen molar-refractivity contribution >= 4 is 33.2 Å². The molecular weight excluding hydrogens is 256 g/mol. The van der Waals surface area contributed by atoms with Crippen molar-refractivity contribution in [3.63, 3.8) is 0 Å². The van der Waals surface area contributed by atoms with Gasteiger partial charge >= 0.3 is 0 Å². The van der Waals surface area contributed by atoms with Crippen molar-refractivity contribution in [2.24, 2.45) is 5.92 Å². The van der Waals surface area contributed by atoms with Crippen LogP contribution in [0, 0.1) is 5.92 Å². The third-order valence-corrected chi connectivity index (χ3v) is 3.52. The van der Waals surface area contributed by atoms with E-state index in [0.29, 0.717) is 18.0 Å². The molecule has 4 heteroatoms. The number of rotatable bonds is 2. The summed E-state index contributed by atoms with van der Waals surface area (Å²) in [6.07, 6.45) is 0.625. The molecule has 1 saturated heterocycles. The zero-order valence-corrected chi connectivity index (χ0v) is 9.90. The second-order valence-corrected chi connectivity index (χ2v) is 4.47. The van der Waals surface area contributed by atoms with Crippen LogP contribution in [-0.4, -0.2) is 17.8 Å². The second kappa shape index (κ2) is 4.23. The summed E-state index contributed by atoms with van der Waals surface area (Å²) in [6, 6.07) is 7.46. The van der Waals surface area contributed by atoms with Crippen molar-refractivity contribution in [2.75, 3.05) is 22.5 Å². The molecule has 80 valence electrons. The fourth-order valence-corrected chi connectivity index (χ4v) is 2.26. The summed E-state index contributed by atoms with van der Waals surface area (Å²) in [5, 5.41) is 0.873. The lowest BCUT2D eigenvalue weighted by Gasteiger charge is -2.16. The molecule has 1 amide bonds. The first kappa shape index (κ1) is 10.5. The highest BCUT2D eigenvalue weighted by Crippen LogP contribution is 2.26. The van der Waals surface area contributed by atoms with E-state index in [1.54, 1.807) is 0 Å². The van der Waals surface area contributed by atoms with E-state index in [-0.39, 0.29) is 5.91 Å². The number of carbonyl (C=O) groups excluding carboxylic acids is 1. The number of halogens is 1. The average Bonchev–Trinajstić information content (AvgIpc) is 2.60. The van der Waals surface area contributed by atoms with Gasteiger partial charge in [0.05, 0.1) is 0 Å². The van der Waals surface area contributed by atoms with E-state index in [0.717, 1.165) is 17.6 Å². The molecule has 1 aliphatic heterocycles. The minimum Gasteiger partial charge on any atom is -0.399 e. The van der Waals surface area contributed by atoms with E-state index in [1.807, 2.05) is 29.2 Å². The minimum absolute atomic E-state index is 0.185. The predicted octanol–water partition coefficient (Wildman–Crippen LogP) is 2.02. The summed E-state index contributed by atoms with van der Waals surface area (Å²) in [5.74, 6) is 0.601. The zero-order chi connectivity index (χ0) is 10.8. The lowest BCUT2D eigenvalue weighted by molar-refractivity contribution is -0.117. The highest BCUT2D eigenvalue weighted by Gasteiger charge is 2.29. The third kappa shape index (κ3) is 2.15. The molecular formula is C11H13BrN2O. The molecule has 1 unspecified atom stereocenters. The number of hydrogen-bond donors (Lipinski definition) is 1. The molecule has 1 aromatic carbocycles. The lowest BCUT2D eigenvalue weighted by Crippen LogP contribution is -2.24. The molecule has 2 rings (SSSR count). The number of nitrogen functional groups attached to an aromatic ring is 1. The van der Waals surface area contributed by atoms with Crippen LogP contribution in [0.15, 0.2) is 24.3 Å². The minimum atomic E-state index is 0.185. The molecule has 2 N–H and O–H groups in total. The van der Waals surface area contributed by atoms with Crippen LogP contribution in [0.3, 0.4) is 0 Å². The summed E-state index contributed by atoms with van der Waals surface area (Å²) in [7, 11) is 0. The number of nitrogens with two attached hydrogens (primary N) is 1. The SMILES string of the molecule is Nc1cccc(N2CC(CBr)CC2=O)c1. The molecule has 0 bridgehead atoms. The van der Waals surface area contributed by atoms with Gasteiger partial charge in [-0.15, -0.1) is 0 Å². The van der Waals surface area contributed by atoms with Gasteiger partial charge in [0.15, 0.2) is 0 Å². The molecule has 0 saturated carbocycles. The van der Waals surface area contributed by atoms with Crippen molar-refractivity contribution in [1.82, 2.24) is 0 Å². The number of anilines is 2. The average molecular weight is 269 g/mol. The van der Waals surface area contributed by atoms with E-state index in [9.17, 15) is 4.79 Å². The van der Waals surface area contributed by atoms with Crippen LogP contribution in [0.25, 0.3) is 0 Å². The Balaban J connectivity index is 2.21. The van der Waals surface area contributed by atoms with E-state index in [4.69, 9.17) is 5.73 Å². The number of amides is 1. The van der Waals surface area contributed by atoms with Crippen molar-refractivity contribution in [2.45, 2.75) is 6.42 Å². The van der Waals surface area contributed by atoms with Crippen LogP contribution in [-0.2, 0) is 4.79 Å². The Morgan fingerprint density at radius 3 is 2.93 bits per heavy atom. The number of nitrogens with zero attached hydrogens (tertiary/aromatic N) is 1. The zero-order valence-electron chi connectivity index (χ0n) is 8.32. The van der Waals surface area contributed by atoms with E-state index >= 15 is 0 Å². The molecule has 3 nitrogen and oxygen atoms in total. The second-order valence-electron chi connectivity index (χ2n) is 3.82. The van der Waals surface area contributed by atoms with Crippen molar-refractivity contribution in [3.05, 3.63) is 24.3 Å². The quantitative estimate of drug-likeness (QED) is 0.659. The third-order valence-electron chi connectivity index (χ3n) is 2.61. The smallest absolute Gasteiger partial charge is 0.227 e. The van der Waals surface area contributed by atoms with Gasteiger partial charge in [0.1, 0.15) is 0 Å².